The van der Waals surface area contributed by atoms with Crippen molar-refractivity contribution in [3.63, 3.8) is 0 Å². The Balaban J connectivity index is 2.22. The van der Waals surface area contributed by atoms with Gasteiger partial charge in [0.25, 0.3) is 0 Å². The molecule has 0 bridgehead atoms. The number of ketones is 1. The van der Waals surface area contributed by atoms with E-state index in [2.05, 4.69) is 0 Å². The molecule has 2 aliphatic rings. The Morgan fingerprint density at radius 1 is 1.41 bits per heavy atom. The molecule has 0 fully saturated rings. The number of Topliss-reactive ketones (excluding diaryl/α,β-unsaturated/α-hetero) is 1. The van der Waals surface area contributed by atoms with Crippen LogP contribution >= 0.6 is 0 Å². The fourth-order valence-corrected chi connectivity index (χ4v) is 2.79. The standard InChI is InChI=1S/C14H12O3/c1-9(15)14-8-4-6-11(14)10-5-2-3-7-12(10)17-13(14)16/h2-7,11H,8H2,1H3/t11-,14+/m1/s1. The molecule has 3 rings (SSSR count). The largest absolute Gasteiger partial charge is 0.425 e. The second-order valence-electron chi connectivity index (χ2n) is 4.56. The van der Waals surface area contributed by atoms with Crippen molar-refractivity contribution >= 4 is 11.8 Å². The molecule has 1 heterocycles. The molecule has 0 unspecified atom stereocenters. The van der Waals surface area contributed by atoms with Gasteiger partial charge in [0.05, 0.1) is 0 Å². The highest BCUT2D eigenvalue weighted by Crippen LogP contribution is 2.52. The Bertz CT molecular complexity index is 544. The first-order valence-corrected chi connectivity index (χ1v) is 5.65. The summed E-state index contributed by atoms with van der Waals surface area (Å²) in [4.78, 5) is 24.0. The molecule has 0 spiro atoms. The van der Waals surface area contributed by atoms with Crippen molar-refractivity contribution in [2.45, 2.75) is 19.3 Å². The van der Waals surface area contributed by atoms with Crippen LogP contribution in [0, 0.1) is 5.41 Å². The molecule has 17 heavy (non-hydrogen) atoms. The van der Waals surface area contributed by atoms with E-state index in [9.17, 15) is 9.59 Å². The smallest absolute Gasteiger partial charge is 0.326 e. The maximum absolute atomic E-state index is 12.1. The fraction of sp³-hybridized carbons (Fsp3) is 0.286. The van der Waals surface area contributed by atoms with Crippen LogP contribution in [0.5, 0.6) is 5.75 Å². The van der Waals surface area contributed by atoms with Crippen LogP contribution in [0.15, 0.2) is 36.4 Å². The maximum atomic E-state index is 12.1. The van der Waals surface area contributed by atoms with Crippen molar-refractivity contribution in [1.82, 2.24) is 0 Å². The lowest BCUT2D eigenvalue weighted by atomic mass is 9.69. The predicted molar refractivity (Wildman–Crippen MR) is 61.7 cm³/mol. The van der Waals surface area contributed by atoms with Gasteiger partial charge in [-0.15, -0.1) is 0 Å². The molecule has 0 amide bonds. The third-order valence-electron chi connectivity index (χ3n) is 3.75. The van der Waals surface area contributed by atoms with E-state index in [1.165, 1.54) is 6.92 Å². The van der Waals surface area contributed by atoms with Crippen LogP contribution < -0.4 is 4.74 Å². The second-order valence-corrected chi connectivity index (χ2v) is 4.56. The Labute approximate surface area is 99.1 Å². The molecule has 0 saturated carbocycles. The average molecular weight is 228 g/mol. The Morgan fingerprint density at radius 2 is 2.18 bits per heavy atom. The minimum atomic E-state index is -1.02. The molecule has 86 valence electrons. The zero-order valence-corrected chi connectivity index (χ0v) is 9.47. The fourth-order valence-electron chi connectivity index (χ4n) is 2.79. The predicted octanol–water partition coefficient (Wildman–Crippen LogP) is 2.22. The van der Waals surface area contributed by atoms with E-state index in [1.807, 2.05) is 30.4 Å². The van der Waals surface area contributed by atoms with Crippen LogP contribution in [-0.2, 0) is 9.59 Å². The number of carbonyl (C=O) groups excluding carboxylic acids is 2. The van der Waals surface area contributed by atoms with Crippen molar-refractivity contribution in [3.8, 4) is 5.75 Å². The zero-order valence-electron chi connectivity index (χ0n) is 9.47. The maximum Gasteiger partial charge on any atom is 0.326 e. The highest BCUT2D eigenvalue weighted by Gasteiger charge is 2.55. The molecule has 0 radical (unpaired) electrons. The molecule has 3 heteroatoms. The molecule has 1 aromatic carbocycles. The van der Waals surface area contributed by atoms with Gasteiger partial charge in [-0.2, -0.15) is 0 Å². The van der Waals surface area contributed by atoms with Crippen LogP contribution in [0.2, 0.25) is 0 Å². The van der Waals surface area contributed by atoms with Crippen molar-refractivity contribution in [2.75, 3.05) is 0 Å². The molecular weight excluding hydrogens is 216 g/mol. The summed E-state index contributed by atoms with van der Waals surface area (Å²) in [6.45, 7) is 1.47. The normalized spacial score (nSPS) is 29.5. The topological polar surface area (TPSA) is 43.4 Å². The number of carbonyl (C=O) groups is 2. The SMILES string of the molecule is CC(=O)[C@@]12CC=C[C@@H]1c1ccccc1OC2=O. The zero-order chi connectivity index (χ0) is 12.0. The number of hydrogen-bond donors (Lipinski definition) is 0. The number of benzene rings is 1. The summed E-state index contributed by atoms with van der Waals surface area (Å²) in [5.74, 6) is -0.130. The van der Waals surface area contributed by atoms with Gasteiger partial charge in [0.1, 0.15) is 16.9 Å². The summed E-state index contributed by atoms with van der Waals surface area (Å²) < 4.78 is 5.31. The van der Waals surface area contributed by atoms with Crippen LogP contribution in [-0.4, -0.2) is 11.8 Å². The lowest BCUT2D eigenvalue weighted by molar-refractivity contribution is -0.153. The van der Waals surface area contributed by atoms with E-state index < -0.39 is 11.4 Å². The molecule has 0 aromatic heterocycles. The quantitative estimate of drug-likeness (QED) is 0.320. The molecule has 1 aromatic rings. The third-order valence-corrected chi connectivity index (χ3v) is 3.75. The van der Waals surface area contributed by atoms with Crippen molar-refractivity contribution in [3.05, 3.63) is 42.0 Å². The van der Waals surface area contributed by atoms with Crippen LogP contribution in [0.25, 0.3) is 0 Å². The summed E-state index contributed by atoms with van der Waals surface area (Å²) in [5.41, 5.74) is -0.0926. The van der Waals surface area contributed by atoms with E-state index in [0.717, 1.165) is 5.56 Å². The lowest BCUT2D eigenvalue weighted by Gasteiger charge is -2.35. The first kappa shape index (κ1) is 10.3. The van der Waals surface area contributed by atoms with Gasteiger partial charge < -0.3 is 4.74 Å². The highest BCUT2D eigenvalue weighted by atomic mass is 16.5. The first-order valence-electron chi connectivity index (χ1n) is 5.65. The van der Waals surface area contributed by atoms with Gasteiger partial charge in [0.2, 0.25) is 0 Å². The molecular formula is C14H12O3. The molecule has 1 aliphatic carbocycles. The number of allylic oxidation sites excluding steroid dienone is 2. The minimum Gasteiger partial charge on any atom is -0.425 e. The van der Waals surface area contributed by atoms with Gasteiger partial charge >= 0.3 is 5.97 Å². The Kier molecular flexibility index (Phi) is 1.99. The van der Waals surface area contributed by atoms with E-state index in [4.69, 9.17) is 4.74 Å². The van der Waals surface area contributed by atoms with E-state index in [0.29, 0.717) is 12.2 Å². The number of esters is 1. The van der Waals surface area contributed by atoms with Crippen molar-refractivity contribution < 1.29 is 14.3 Å². The van der Waals surface area contributed by atoms with Gasteiger partial charge in [-0.1, -0.05) is 30.4 Å². The molecule has 3 nitrogen and oxygen atoms in total. The Morgan fingerprint density at radius 3 is 2.94 bits per heavy atom. The first-order chi connectivity index (χ1) is 8.16. The van der Waals surface area contributed by atoms with Gasteiger partial charge in [-0.3, -0.25) is 9.59 Å². The minimum absolute atomic E-state index is 0.119. The van der Waals surface area contributed by atoms with E-state index in [-0.39, 0.29) is 11.7 Å². The average Bonchev–Trinajstić information content (AvgIpc) is 2.75. The van der Waals surface area contributed by atoms with Crippen LogP contribution in [0.1, 0.15) is 24.8 Å². The number of rotatable bonds is 1. The highest BCUT2D eigenvalue weighted by molar-refractivity contribution is 6.06. The monoisotopic (exact) mass is 228 g/mol. The van der Waals surface area contributed by atoms with Crippen LogP contribution in [0.4, 0.5) is 0 Å². The lowest BCUT2D eigenvalue weighted by Crippen LogP contribution is -2.46. The van der Waals surface area contributed by atoms with Crippen molar-refractivity contribution in [2.24, 2.45) is 5.41 Å². The summed E-state index contributed by atoms with van der Waals surface area (Å²) in [5, 5.41) is 0. The second kappa shape index (κ2) is 3.29. The Hall–Kier alpha value is -1.90. The van der Waals surface area contributed by atoms with E-state index >= 15 is 0 Å². The van der Waals surface area contributed by atoms with E-state index in [1.54, 1.807) is 6.07 Å². The van der Waals surface area contributed by atoms with Crippen molar-refractivity contribution in [1.29, 1.82) is 0 Å². The summed E-state index contributed by atoms with van der Waals surface area (Å²) >= 11 is 0. The van der Waals surface area contributed by atoms with Gasteiger partial charge in [-0.05, 0) is 19.4 Å². The van der Waals surface area contributed by atoms with Gasteiger partial charge in [0, 0.05) is 11.5 Å². The summed E-state index contributed by atoms with van der Waals surface area (Å²) in [6.07, 6.45) is 4.29. The molecule has 2 atom stereocenters. The molecule has 0 saturated heterocycles. The summed E-state index contributed by atoms with van der Waals surface area (Å²) in [7, 11) is 0. The number of para-hydroxylation sites is 1. The summed E-state index contributed by atoms with van der Waals surface area (Å²) in [6, 6.07) is 7.41. The number of fused-ring (bicyclic) bond motifs is 3. The number of ether oxygens (including phenoxy) is 1. The molecule has 1 aliphatic heterocycles. The number of hydrogen-bond acceptors (Lipinski definition) is 3. The third kappa shape index (κ3) is 1.16. The van der Waals surface area contributed by atoms with Gasteiger partial charge in [0.15, 0.2) is 0 Å². The van der Waals surface area contributed by atoms with Gasteiger partial charge in [-0.25, -0.2) is 0 Å². The molecule has 0 N–H and O–H groups in total. The van der Waals surface area contributed by atoms with Crippen LogP contribution in [0.3, 0.4) is 0 Å².